The second-order valence-corrected chi connectivity index (χ2v) is 5.66. The third-order valence-electron chi connectivity index (χ3n) is 3.97. The molecule has 1 fully saturated rings. The first-order valence-electron chi connectivity index (χ1n) is 8.09. The van der Waals surface area contributed by atoms with E-state index >= 15 is 0 Å². The van der Waals surface area contributed by atoms with Crippen LogP contribution in [0.4, 0.5) is 4.79 Å². The van der Waals surface area contributed by atoms with Crippen molar-refractivity contribution < 1.29 is 14.3 Å². The van der Waals surface area contributed by atoms with Gasteiger partial charge in [0.25, 0.3) is 5.91 Å². The van der Waals surface area contributed by atoms with E-state index in [-0.39, 0.29) is 12.0 Å². The molecule has 2 amide bonds. The minimum Gasteiger partial charge on any atom is -0.448 e. The first-order valence-corrected chi connectivity index (χ1v) is 8.09. The minimum absolute atomic E-state index is 0.100. The number of hydrogen-bond donors (Lipinski definition) is 1. The van der Waals surface area contributed by atoms with Crippen molar-refractivity contribution in [2.75, 3.05) is 26.2 Å². The second kappa shape index (κ2) is 7.64. The summed E-state index contributed by atoms with van der Waals surface area (Å²) in [5.41, 5.74) is 2.74. The zero-order chi connectivity index (χ0) is 16.8. The van der Waals surface area contributed by atoms with Crippen LogP contribution in [-0.2, 0) is 4.74 Å². The molecular weight excluding hydrogens is 304 g/mol. The molecule has 0 aliphatic carbocycles. The van der Waals surface area contributed by atoms with Crippen molar-refractivity contribution >= 4 is 12.0 Å². The largest absolute Gasteiger partial charge is 0.448 e. The molecule has 0 spiro atoms. The van der Waals surface area contributed by atoms with Crippen molar-refractivity contribution in [2.24, 2.45) is 0 Å². The van der Waals surface area contributed by atoms with E-state index in [2.05, 4.69) is 5.32 Å². The van der Waals surface area contributed by atoms with Gasteiger partial charge in [0.1, 0.15) is 6.61 Å². The SMILES string of the molecule is O=C(NCCCN1CCOC1=O)c1cccc(-c2ccccc2)c1. The van der Waals surface area contributed by atoms with Crippen LogP contribution in [0.15, 0.2) is 54.6 Å². The number of ether oxygens (including phenoxy) is 1. The summed E-state index contributed by atoms with van der Waals surface area (Å²) in [6.07, 6.45) is 0.441. The highest BCUT2D eigenvalue weighted by atomic mass is 16.6. The molecule has 3 rings (SSSR count). The molecule has 0 saturated carbocycles. The van der Waals surface area contributed by atoms with Gasteiger partial charge in [0, 0.05) is 18.7 Å². The number of carbonyl (C=O) groups excluding carboxylic acids is 2. The van der Waals surface area contributed by atoms with Crippen LogP contribution in [0.5, 0.6) is 0 Å². The Morgan fingerprint density at radius 3 is 2.62 bits per heavy atom. The van der Waals surface area contributed by atoms with Crippen molar-refractivity contribution in [3.8, 4) is 11.1 Å². The fourth-order valence-corrected chi connectivity index (χ4v) is 2.67. The molecule has 124 valence electrons. The predicted octanol–water partition coefficient (Wildman–Crippen LogP) is 2.93. The average Bonchev–Trinajstić information content (AvgIpc) is 3.04. The van der Waals surface area contributed by atoms with Crippen LogP contribution in [-0.4, -0.2) is 43.1 Å². The molecule has 0 unspecified atom stereocenters. The maximum absolute atomic E-state index is 12.3. The van der Waals surface area contributed by atoms with Crippen molar-refractivity contribution in [1.82, 2.24) is 10.2 Å². The van der Waals surface area contributed by atoms with E-state index in [1.807, 2.05) is 48.5 Å². The van der Waals surface area contributed by atoms with Gasteiger partial charge in [-0.2, -0.15) is 0 Å². The fourth-order valence-electron chi connectivity index (χ4n) is 2.67. The van der Waals surface area contributed by atoms with Crippen molar-refractivity contribution in [3.05, 3.63) is 60.2 Å². The van der Waals surface area contributed by atoms with Crippen molar-refractivity contribution in [1.29, 1.82) is 0 Å². The Hall–Kier alpha value is -2.82. The molecule has 2 aromatic rings. The number of cyclic esters (lactones) is 1. The molecule has 1 aliphatic heterocycles. The molecule has 0 atom stereocenters. The van der Waals surface area contributed by atoms with E-state index in [0.29, 0.717) is 38.2 Å². The number of carbonyl (C=O) groups is 2. The molecule has 0 bridgehead atoms. The topological polar surface area (TPSA) is 58.6 Å². The van der Waals surface area contributed by atoms with E-state index in [1.54, 1.807) is 11.0 Å². The Bertz CT molecular complexity index is 716. The standard InChI is InChI=1S/C19H20N2O3/c22-18(20-10-5-11-21-12-13-24-19(21)23)17-9-4-8-16(14-17)15-6-2-1-3-7-15/h1-4,6-9,14H,5,10-13H2,(H,20,22). The molecule has 0 radical (unpaired) electrons. The lowest BCUT2D eigenvalue weighted by atomic mass is 10.0. The zero-order valence-corrected chi connectivity index (χ0v) is 13.4. The summed E-state index contributed by atoms with van der Waals surface area (Å²) in [7, 11) is 0. The molecule has 1 N–H and O–H groups in total. The molecule has 5 heteroatoms. The fraction of sp³-hybridized carbons (Fsp3) is 0.263. The van der Waals surface area contributed by atoms with Gasteiger partial charge in [0.2, 0.25) is 0 Å². The lowest BCUT2D eigenvalue weighted by molar-refractivity contribution is 0.0952. The van der Waals surface area contributed by atoms with Crippen molar-refractivity contribution in [3.63, 3.8) is 0 Å². The average molecular weight is 324 g/mol. The second-order valence-electron chi connectivity index (χ2n) is 5.66. The highest BCUT2D eigenvalue weighted by molar-refractivity contribution is 5.95. The predicted molar refractivity (Wildman–Crippen MR) is 91.7 cm³/mol. The summed E-state index contributed by atoms with van der Waals surface area (Å²) in [6, 6.07) is 17.5. The molecule has 1 heterocycles. The van der Waals surface area contributed by atoms with Gasteiger partial charge in [-0.25, -0.2) is 4.79 Å². The Morgan fingerprint density at radius 2 is 1.88 bits per heavy atom. The Balaban J connectivity index is 1.52. The highest BCUT2D eigenvalue weighted by Gasteiger charge is 2.20. The van der Waals surface area contributed by atoms with Gasteiger partial charge in [0.15, 0.2) is 0 Å². The number of amides is 2. The highest BCUT2D eigenvalue weighted by Crippen LogP contribution is 2.19. The van der Waals surface area contributed by atoms with Gasteiger partial charge in [-0.05, 0) is 29.7 Å². The first kappa shape index (κ1) is 16.1. The number of nitrogens with zero attached hydrogens (tertiary/aromatic N) is 1. The third-order valence-corrected chi connectivity index (χ3v) is 3.97. The third kappa shape index (κ3) is 3.93. The Kier molecular flexibility index (Phi) is 5.11. The van der Waals surface area contributed by atoms with Gasteiger partial charge >= 0.3 is 6.09 Å². The van der Waals surface area contributed by atoms with Gasteiger partial charge in [-0.1, -0.05) is 42.5 Å². The molecular formula is C19H20N2O3. The van der Waals surface area contributed by atoms with Gasteiger partial charge in [-0.15, -0.1) is 0 Å². The number of nitrogens with one attached hydrogen (secondary N) is 1. The van der Waals surface area contributed by atoms with E-state index in [0.717, 1.165) is 11.1 Å². The van der Waals surface area contributed by atoms with Crippen LogP contribution in [0.25, 0.3) is 11.1 Å². The van der Waals surface area contributed by atoms with Gasteiger partial charge < -0.3 is 15.0 Å². The summed E-state index contributed by atoms with van der Waals surface area (Å²) in [4.78, 5) is 25.2. The zero-order valence-electron chi connectivity index (χ0n) is 13.4. The van der Waals surface area contributed by atoms with E-state index < -0.39 is 0 Å². The van der Waals surface area contributed by atoms with E-state index in [4.69, 9.17) is 4.74 Å². The number of benzene rings is 2. The summed E-state index contributed by atoms with van der Waals surface area (Å²) in [5.74, 6) is -0.100. The molecule has 2 aromatic carbocycles. The van der Waals surface area contributed by atoms with Crippen LogP contribution in [0.2, 0.25) is 0 Å². The maximum atomic E-state index is 12.3. The first-order chi connectivity index (χ1) is 11.7. The summed E-state index contributed by atoms with van der Waals surface area (Å²) >= 11 is 0. The molecule has 24 heavy (non-hydrogen) atoms. The monoisotopic (exact) mass is 324 g/mol. The van der Waals surface area contributed by atoms with Crippen molar-refractivity contribution in [2.45, 2.75) is 6.42 Å². The maximum Gasteiger partial charge on any atom is 0.409 e. The van der Waals surface area contributed by atoms with Crippen LogP contribution in [0, 0.1) is 0 Å². The molecule has 1 aliphatic rings. The summed E-state index contributed by atoms with van der Waals surface area (Å²) in [5, 5.41) is 2.90. The van der Waals surface area contributed by atoms with Crippen LogP contribution in [0.1, 0.15) is 16.8 Å². The number of rotatable bonds is 6. The molecule has 0 aromatic heterocycles. The smallest absolute Gasteiger partial charge is 0.409 e. The molecule has 5 nitrogen and oxygen atoms in total. The Labute approximate surface area is 141 Å². The van der Waals surface area contributed by atoms with Gasteiger partial charge in [-0.3, -0.25) is 4.79 Å². The van der Waals surface area contributed by atoms with Crippen LogP contribution >= 0.6 is 0 Å². The van der Waals surface area contributed by atoms with Crippen LogP contribution < -0.4 is 5.32 Å². The summed E-state index contributed by atoms with van der Waals surface area (Å²) < 4.78 is 4.87. The molecule has 1 saturated heterocycles. The minimum atomic E-state index is -0.267. The van der Waals surface area contributed by atoms with Gasteiger partial charge in [0.05, 0.1) is 6.54 Å². The van der Waals surface area contributed by atoms with E-state index in [1.165, 1.54) is 0 Å². The Morgan fingerprint density at radius 1 is 1.08 bits per heavy atom. The van der Waals surface area contributed by atoms with Crippen LogP contribution in [0.3, 0.4) is 0 Å². The number of hydrogen-bond acceptors (Lipinski definition) is 3. The lowest BCUT2D eigenvalue weighted by Gasteiger charge is -2.12. The lowest BCUT2D eigenvalue weighted by Crippen LogP contribution is -2.30. The summed E-state index contributed by atoms with van der Waals surface area (Å²) in [6.45, 7) is 2.21. The normalized spacial score (nSPS) is 13.7. The quantitative estimate of drug-likeness (QED) is 0.831. The van der Waals surface area contributed by atoms with E-state index in [9.17, 15) is 9.59 Å².